The SMILES string of the molecule is Cc1c2n(c3ccccc13)C[C@@H]1CON(C)[C@H]21. The van der Waals surface area contributed by atoms with Gasteiger partial charge in [-0.15, -0.1) is 0 Å². The summed E-state index contributed by atoms with van der Waals surface area (Å²) in [5.41, 5.74) is 4.25. The minimum Gasteiger partial charge on any atom is -0.342 e. The van der Waals surface area contributed by atoms with E-state index in [4.69, 9.17) is 4.84 Å². The molecule has 4 rings (SSSR count). The van der Waals surface area contributed by atoms with Crippen LogP contribution in [-0.4, -0.2) is 23.3 Å². The van der Waals surface area contributed by atoms with Gasteiger partial charge in [-0.25, -0.2) is 0 Å². The Hall–Kier alpha value is -1.32. The fourth-order valence-electron chi connectivity index (χ4n) is 3.54. The summed E-state index contributed by atoms with van der Waals surface area (Å²) in [5.74, 6) is 0.623. The van der Waals surface area contributed by atoms with Gasteiger partial charge < -0.3 is 4.57 Å². The first-order chi connectivity index (χ1) is 8.27. The Labute approximate surface area is 101 Å². The van der Waals surface area contributed by atoms with Gasteiger partial charge in [0.25, 0.3) is 0 Å². The molecule has 0 unspecified atom stereocenters. The predicted octanol–water partition coefficient (Wildman–Crippen LogP) is 2.50. The molecule has 1 saturated heterocycles. The Balaban J connectivity index is 2.02. The Bertz CT molecular complexity index is 602. The molecule has 2 aromatic rings. The van der Waals surface area contributed by atoms with E-state index in [9.17, 15) is 0 Å². The number of aromatic nitrogens is 1. The molecule has 0 bridgehead atoms. The minimum absolute atomic E-state index is 0.447. The molecule has 0 amide bonds. The maximum absolute atomic E-state index is 5.65. The van der Waals surface area contributed by atoms with E-state index < -0.39 is 0 Å². The van der Waals surface area contributed by atoms with E-state index in [1.807, 2.05) is 5.06 Å². The van der Waals surface area contributed by atoms with Crippen molar-refractivity contribution in [1.29, 1.82) is 0 Å². The van der Waals surface area contributed by atoms with Crippen LogP contribution < -0.4 is 0 Å². The van der Waals surface area contributed by atoms with Crippen LogP contribution in [0.15, 0.2) is 24.3 Å². The predicted molar refractivity (Wildman–Crippen MR) is 66.6 cm³/mol. The smallest absolute Gasteiger partial charge is 0.0821 e. The molecular weight excluding hydrogens is 212 g/mol. The Morgan fingerprint density at radius 3 is 3.00 bits per heavy atom. The van der Waals surface area contributed by atoms with Crippen molar-refractivity contribution in [1.82, 2.24) is 9.63 Å². The van der Waals surface area contributed by atoms with Crippen LogP contribution in [0.5, 0.6) is 0 Å². The summed E-state index contributed by atoms with van der Waals surface area (Å²) in [6.45, 7) is 4.19. The molecule has 0 N–H and O–H groups in total. The van der Waals surface area contributed by atoms with Crippen molar-refractivity contribution in [2.24, 2.45) is 5.92 Å². The largest absolute Gasteiger partial charge is 0.342 e. The molecule has 0 saturated carbocycles. The number of para-hydroxylation sites is 1. The number of aryl methyl sites for hydroxylation is 1. The quantitative estimate of drug-likeness (QED) is 0.689. The molecule has 2 aliphatic rings. The third-order valence-electron chi connectivity index (χ3n) is 4.30. The molecule has 17 heavy (non-hydrogen) atoms. The Morgan fingerprint density at radius 1 is 1.29 bits per heavy atom. The highest BCUT2D eigenvalue weighted by Crippen LogP contribution is 2.45. The maximum atomic E-state index is 5.65. The van der Waals surface area contributed by atoms with Crippen molar-refractivity contribution in [2.75, 3.05) is 13.7 Å². The third-order valence-corrected chi connectivity index (χ3v) is 4.30. The first kappa shape index (κ1) is 9.68. The lowest BCUT2D eigenvalue weighted by molar-refractivity contribution is -0.111. The zero-order valence-electron chi connectivity index (χ0n) is 10.2. The van der Waals surface area contributed by atoms with Gasteiger partial charge in [0.05, 0.1) is 12.6 Å². The number of fused-ring (bicyclic) bond motifs is 5. The lowest BCUT2D eigenvalue weighted by atomic mass is 9.99. The second-order valence-electron chi connectivity index (χ2n) is 5.18. The summed E-state index contributed by atoms with van der Waals surface area (Å²) >= 11 is 0. The second-order valence-corrected chi connectivity index (χ2v) is 5.18. The maximum Gasteiger partial charge on any atom is 0.0821 e. The van der Waals surface area contributed by atoms with Gasteiger partial charge in [0, 0.05) is 36.1 Å². The molecule has 0 radical (unpaired) electrons. The van der Waals surface area contributed by atoms with E-state index in [0.717, 1.165) is 13.2 Å². The van der Waals surface area contributed by atoms with Crippen LogP contribution in [0.4, 0.5) is 0 Å². The van der Waals surface area contributed by atoms with E-state index in [1.54, 1.807) is 0 Å². The van der Waals surface area contributed by atoms with Crippen molar-refractivity contribution in [2.45, 2.75) is 19.5 Å². The van der Waals surface area contributed by atoms with Crippen molar-refractivity contribution in [3.63, 3.8) is 0 Å². The Morgan fingerprint density at radius 2 is 2.12 bits per heavy atom. The Kier molecular flexibility index (Phi) is 1.78. The first-order valence-electron chi connectivity index (χ1n) is 6.21. The van der Waals surface area contributed by atoms with E-state index in [-0.39, 0.29) is 0 Å². The number of nitrogens with zero attached hydrogens (tertiary/aromatic N) is 2. The van der Waals surface area contributed by atoms with Crippen molar-refractivity contribution in [3.05, 3.63) is 35.5 Å². The molecule has 0 spiro atoms. The van der Waals surface area contributed by atoms with Gasteiger partial charge in [0.2, 0.25) is 0 Å². The zero-order chi connectivity index (χ0) is 11.6. The number of hydrogen-bond donors (Lipinski definition) is 0. The lowest BCUT2D eigenvalue weighted by Gasteiger charge is -2.16. The fraction of sp³-hybridized carbons (Fsp3) is 0.429. The van der Waals surface area contributed by atoms with Crippen molar-refractivity contribution >= 4 is 10.9 Å². The van der Waals surface area contributed by atoms with Crippen LogP contribution in [0.1, 0.15) is 17.3 Å². The summed E-state index contributed by atoms with van der Waals surface area (Å²) in [4.78, 5) is 5.65. The molecule has 3 heteroatoms. The molecule has 2 aliphatic heterocycles. The van der Waals surface area contributed by atoms with Gasteiger partial charge in [-0.05, 0) is 18.6 Å². The summed E-state index contributed by atoms with van der Waals surface area (Å²) in [6.07, 6.45) is 0. The molecule has 3 nitrogen and oxygen atoms in total. The second kappa shape index (κ2) is 3.12. The molecule has 1 aromatic carbocycles. The summed E-state index contributed by atoms with van der Waals surface area (Å²) in [6, 6.07) is 9.15. The highest BCUT2D eigenvalue weighted by molar-refractivity contribution is 5.85. The number of benzene rings is 1. The van der Waals surface area contributed by atoms with Gasteiger partial charge in [-0.1, -0.05) is 18.2 Å². The standard InChI is InChI=1S/C14H16N2O/c1-9-11-5-3-4-6-12(11)16-7-10-8-17-15(2)14(10)13(9)16/h3-6,10,14H,7-8H2,1-2H3/t10-,14+/m1/s1. The lowest BCUT2D eigenvalue weighted by Crippen LogP contribution is -2.17. The van der Waals surface area contributed by atoms with E-state index in [2.05, 4.69) is 42.8 Å². The number of hydrogen-bond acceptors (Lipinski definition) is 2. The minimum atomic E-state index is 0.447. The third kappa shape index (κ3) is 1.08. The van der Waals surface area contributed by atoms with Crippen molar-refractivity contribution < 1.29 is 4.84 Å². The van der Waals surface area contributed by atoms with Gasteiger partial charge in [-0.2, -0.15) is 5.06 Å². The molecule has 2 atom stereocenters. The molecule has 1 fully saturated rings. The van der Waals surface area contributed by atoms with Crippen LogP contribution in [-0.2, 0) is 11.4 Å². The van der Waals surface area contributed by atoms with Gasteiger partial charge >= 0.3 is 0 Å². The average molecular weight is 228 g/mol. The summed E-state index contributed by atoms with van der Waals surface area (Å²) in [5, 5.41) is 3.43. The molecule has 1 aromatic heterocycles. The normalized spacial score (nSPS) is 27.6. The van der Waals surface area contributed by atoms with Crippen LogP contribution in [0.3, 0.4) is 0 Å². The highest BCUT2D eigenvalue weighted by atomic mass is 16.7. The van der Waals surface area contributed by atoms with Gasteiger partial charge in [0.15, 0.2) is 0 Å². The van der Waals surface area contributed by atoms with Crippen LogP contribution in [0, 0.1) is 12.8 Å². The van der Waals surface area contributed by atoms with Gasteiger partial charge in [-0.3, -0.25) is 4.84 Å². The molecule has 0 aliphatic carbocycles. The van der Waals surface area contributed by atoms with Gasteiger partial charge in [0.1, 0.15) is 0 Å². The van der Waals surface area contributed by atoms with Crippen molar-refractivity contribution in [3.8, 4) is 0 Å². The fourth-order valence-corrected chi connectivity index (χ4v) is 3.54. The van der Waals surface area contributed by atoms with E-state index in [0.29, 0.717) is 12.0 Å². The molecule has 88 valence electrons. The molecular formula is C14H16N2O. The first-order valence-corrected chi connectivity index (χ1v) is 6.21. The number of rotatable bonds is 0. The van der Waals surface area contributed by atoms with Crippen LogP contribution >= 0.6 is 0 Å². The summed E-state index contributed by atoms with van der Waals surface area (Å²) < 4.78 is 2.49. The average Bonchev–Trinajstić information content (AvgIpc) is 2.95. The van der Waals surface area contributed by atoms with Crippen LogP contribution in [0.2, 0.25) is 0 Å². The van der Waals surface area contributed by atoms with Crippen LogP contribution in [0.25, 0.3) is 10.9 Å². The monoisotopic (exact) mass is 228 g/mol. The topological polar surface area (TPSA) is 17.4 Å². The highest BCUT2D eigenvalue weighted by Gasteiger charge is 2.43. The zero-order valence-corrected chi connectivity index (χ0v) is 10.2. The summed E-state index contributed by atoms with van der Waals surface area (Å²) in [7, 11) is 2.05. The molecule has 3 heterocycles. The van der Waals surface area contributed by atoms with E-state index in [1.165, 1.54) is 22.2 Å². The number of hydroxylamine groups is 2. The van der Waals surface area contributed by atoms with E-state index >= 15 is 0 Å².